The van der Waals surface area contributed by atoms with Crippen molar-refractivity contribution in [3.63, 3.8) is 0 Å². The molecule has 0 bridgehead atoms. The van der Waals surface area contributed by atoms with Gasteiger partial charge in [-0.3, -0.25) is 4.68 Å². The lowest BCUT2D eigenvalue weighted by Gasteiger charge is -2.19. The first-order chi connectivity index (χ1) is 9.32. The summed E-state index contributed by atoms with van der Waals surface area (Å²) in [5, 5.41) is 15.5. The van der Waals surface area contributed by atoms with E-state index in [1.165, 1.54) is 5.56 Å². The fourth-order valence-electron chi connectivity index (χ4n) is 2.44. The predicted molar refractivity (Wildman–Crippen MR) is 82.3 cm³/mol. The number of aliphatic hydroxyl groups excluding tert-OH is 1. The largest absolute Gasteiger partial charge is 0.382 e. The summed E-state index contributed by atoms with van der Waals surface area (Å²) in [7, 11) is 0. The van der Waals surface area contributed by atoms with Gasteiger partial charge in [0.1, 0.15) is 6.10 Å². The summed E-state index contributed by atoms with van der Waals surface area (Å²) in [5.41, 5.74) is 5.00. The summed E-state index contributed by atoms with van der Waals surface area (Å²) >= 11 is 6.21. The molecule has 1 heterocycles. The van der Waals surface area contributed by atoms with E-state index >= 15 is 0 Å². The van der Waals surface area contributed by atoms with Gasteiger partial charge in [0.05, 0.1) is 16.9 Å². The van der Waals surface area contributed by atoms with Crippen molar-refractivity contribution >= 4 is 11.6 Å². The van der Waals surface area contributed by atoms with Crippen LogP contribution in [-0.2, 0) is 0 Å². The van der Waals surface area contributed by atoms with Crippen LogP contribution >= 0.6 is 11.6 Å². The third-order valence-corrected chi connectivity index (χ3v) is 4.00. The Labute approximate surface area is 125 Å². The summed E-state index contributed by atoms with van der Waals surface area (Å²) in [6, 6.07) is 4.28. The molecule has 2 aromatic rings. The van der Waals surface area contributed by atoms with Crippen molar-refractivity contribution < 1.29 is 5.11 Å². The van der Waals surface area contributed by atoms with Crippen LogP contribution < -0.4 is 0 Å². The Bertz CT molecular complexity index is 632. The van der Waals surface area contributed by atoms with E-state index in [2.05, 4.69) is 18.1 Å². The minimum Gasteiger partial charge on any atom is -0.382 e. The van der Waals surface area contributed by atoms with Crippen molar-refractivity contribution in [2.45, 2.75) is 46.8 Å². The van der Waals surface area contributed by atoms with Crippen LogP contribution in [0.1, 0.15) is 53.9 Å². The molecule has 4 heteroatoms. The smallest absolute Gasteiger partial charge is 0.122 e. The Kier molecular flexibility index (Phi) is 4.21. The standard InChI is InChI=1S/C16H21ClN2O/c1-9(2)19-15(14(17)8-18-19)16(20)13-7-11(4)10(3)6-12(13)5/h6-9,16,20H,1-5H3. The summed E-state index contributed by atoms with van der Waals surface area (Å²) in [6.45, 7) is 10.2. The molecule has 0 saturated carbocycles. The lowest BCUT2D eigenvalue weighted by molar-refractivity contribution is 0.204. The maximum atomic E-state index is 10.7. The number of aliphatic hydroxyl groups is 1. The zero-order valence-electron chi connectivity index (χ0n) is 12.6. The second kappa shape index (κ2) is 5.58. The fourth-order valence-corrected chi connectivity index (χ4v) is 2.68. The van der Waals surface area contributed by atoms with Crippen molar-refractivity contribution in [1.82, 2.24) is 9.78 Å². The molecule has 108 valence electrons. The molecule has 0 spiro atoms. The van der Waals surface area contributed by atoms with Crippen LogP contribution in [0.25, 0.3) is 0 Å². The summed E-state index contributed by atoms with van der Waals surface area (Å²) in [6.07, 6.45) is 0.836. The number of benzene rings is 1. The molecule has 3 nitrogen and oxygen atoms in total. The number of nitrogens with zero attached hydrogens (tertiary/aromatic N) is 2. The van der Waals surface area contributed by atoms with Crippen molar-refractivity contribution in [1.29, 1.82) is 0 Å². The average Bonchev–Trinajstić information content (AvgIpc) is 2.75. The van der Waals surface area contributed by atoms with Crippen LogP contribution in [0.4, 0.5) is 0 Å². The van der Waals surface area contributed by atoms with Gasteiger partial charge < -0.3 is 5.11 Å². The Balaban J connectivity index is 2.54. The van der Waals surface area contributed by atoms with Gasteiger partial charge >= 0.3 is 0 Å². The van der Waals surface area contributed by atoms with E-state index in [4.69, 9.17) is 11.6 Å². The monoisotopic (exact) mass is 292 g/mol. The van der Waals surface area contributed by atoms with Crippen molar-refractivity contribution in [2.24, 2.45) is 0 Å². The highest BCUT2D eigenvalue weighted by Gasteiger charge is 2.23. The second-order valence-electron chi connectivity index (χ2n) is 5.61. The number of hydrogen-bond donors (Lipinski definition) is 1. The molecule has 0 radical (unpaired) electrons. The first-order valence-corrected chi connectivity index (χ1v) is 7.19. The van der Waals surface area contributed by atoms with Crippen LogP contribution in [0.3, 0.4) is 0 Å². The molecule has 0 aliphatic heterocycles. The summed E-state index contributed by atoms with van der Waals surface area (Å²) in [5.74, 6) is 0. The number of halogens is 1. The van der Waals surface area contributed by atoms with Gasteiger partial charge in [-0.2, -0.15) is 5.10 Å². The van der Waals surface area contributed by atoms with Gasteiger partial charge in [0.25, 0.3) is 0 Å². The van der Waals surface area contributed by atoms with Crippen molar-refractivity contribution in [3.8, 4) is 0 Å². The lowest BCUT2D eigenvalue weighted by Crippen LogP contribution is -2.13. The van der Waals surface area contributed by atoms with E-state index in [0.717, 1.165) is 16.7 Å². The van der Waals surface area contributed by atoms with E-state index in [-0.39, 0.29) is 6.04 Å². The minimum absolute atomic E-state index is 0.152. The van der Waals surface area contributed by atoms with E-state index in [9.17, 15) is 5.11 Å². The number of aromatic nitrogens is 2. The molecule has 1 unspecified atom stereocenters. The highest BCUT2D eigenvalue weighted by Crippen LogP contribution is 2.32. The molecule has 1 aromatic heterocycles. The van der Waals surface area contributed by atoms with E-state index < -0.39 is 6.10 Å². The van der Waals surface area contributed by atoms with Gasteiger partial charge in [0.15, 0.2) is 0 Å². The van der Waals surface area contributed by atoms with Crippen LogP contribution in [0.15, 0.2) is 18.3 Å². The molecule has 0 aliphatic carbocycles. The quantitative estimate of drug-likeness (QED) is 0.924. The first-order valence-electron chi connectivity index (χ1n) is 6.81. The molecule has 0 amide bonds. The van der Waals surface area contributed by atoms with E-state index in [0.29, 0.717) is 10.7 Å². The Morgan fingerprint density at radius 1 is 1.10 bits per heavy atom. The molecule has 2 rings (SSSR count). The molecule has 1 aromatic carbocycles. The van der Waals surface area contributed by atoms with Gasteiger partial charge in [0.2, 0.25) is 0 Å². The molecule has 0 aliphatic rings. The normalized spacial score (nSPS) is 13.0. The third kappa shape index (κ3) is 2.60. The van der Waals surface area contributed by atoms with Crippen LogP contribution in [0.5, 0.6) is 0 Å². The molecule has 1 atom stereocenters. The Hall–Kier alpha value is -1.32. The molecule has 20 heavy (non-hydrogen) atoms. The maximum Gasteiger partial charge on any atom is 0.122 e. The number of aryl methyl sites for hydroxylation is 3. The zero-order valence-corrected chi connectivity index (χ0v) is 13.4. The minimum atomic E-state index is -0.758. The first kappa shape index (κ1) is 15.1. The third-order valence-electron chi connectivity index (χ3n) is 3.71. The fraction of sp³-hybridized carbons (Fsp3) is 0.438. The van der Waals surface area contributed by atoms with Crippen molar-refractivity contribution in [2.75, 3.05) is 0 Å². The molecular formula is C16H21ClN2O. The molecule has 1 N–H and O–H groups in total. The molecular weight excluding hydrogens is 272 g/mol. The topological polar surface area (TPSA) is 38.1 Å². The Morgan fingerprint density at radius 3 is 2.30 bits per heavy atom. The number of rotatable bonds is 3. The van der Waals surface area contributed by atoms with Gasteiger partial charge in [-0.25, -0.2) is 0 Å². The Morgan fingerprint density at radius 2 is 1.70 bits per heavy atom. The predicted octanol–water partition coefficient (Wildman–Crippen LogP) is 4.12. The highest BCUT2D eigenvalue weighted by atomic mass is 35.5. The van der Waals surface area contributed by atoms with E-state index in [1.807, 2.05) is 33.8 Å². The zero-order chi connectivity index (χ0) is 15.0. The highest BCUT2D eigenvalue weighted by molar-refractivity contribution is 6.31. The molecule has 0 saturated heterocycles. The second-order valence-corrected chi connectivity index (χ2v) is 6.02. The van der Waals surface area contributed by atoms with Gasteiger partial charge in [0, 0.05) is 6.04 Å². The van der Waals surface area contributed by atoms with Crippen LogP contribution in [0, 0.1) is 20.8 Å². The lowest BCUT2D eigenvalue weighted by atomic mass is 9.95. The van der Waals surface area contributed by atoms with Gasteiger partial charge in [-0.05, 0) is 56.9 Å². The van der Waals surface area contributed by atoms with Gasteiger partial charge in [-0.15, -0.1) is 0 Å². The van der Waals surface area contributed by atoms with Crippen LogP contribution in [0.2, 0.25) is 5.02 Å². The number of hydrogen-bond acceptors (Lipinski definition) is 2. The molecule has 0 fully saturated rings. The van der Waals surface area contributed by atoms with Gasteiger partial charge in [-0.1, -0.05) is 23.7 Å². The maximum absolute atomic E-state index is 10.7. The summed E-state index contributed by atoms with van der Waals surface area (Å²) in [4.78, 5) is 0. The average molecular weight is 293 g/mol. The van der Waals surface area contributed by atoms with Crippen molar-refractivity contribution in [3.05, 3.63) is 51.3 Å². The van der Waals surface area contributed by atoms with E-state index in [1.54, 1.807) is 10.9 Å². The SMILES string of the molecule is Cc1cc(C)c(C(O)c2c(Cl)cnn2C(C)C)cc1C. The summed E-state index contributed by atoms with van der Waals surface area (Å²) < 4.78 is 1.78. The van der Waals surface area contributed by atoms with Crippen LogP contribution in [-0.4, -0.2) is 14.9 Å².